The van der Waals surface area contributed by atoms with Crippen molar-refractivity contribution < 1.29 is 0 Å². The third kappa shape index (κ3) is 1.94. The molecule has 0 bridgehead atoms. The van der Waals surface area contributed by atoms with E-state index < -0.39 is 0 Å². The van der Waals surface area contributed by atoms with E-state index in [4.69, 9.17) is 11.6 Å². The van der Waals surface area contributed by atoms with E-state index in [-0.39, 0.29) is 0 Å². The fourth-order valence-corrected chi connectivity index (χ4v) is 1.76. The Kier molecular flexibility index (Phi) is 3.22. The third-order valence-electron chi connectivity index (χ3n) is 2.37. The molecular formula is C11H13ClN4. The van der Waals surface area contributed by atoms with Gasteiger partial charge >= 0.3 is 0 Å². The number of hydrogen-bond donors (Lipinski definition) is 1. The predicted molar refractivity (Wildman–Crippen MR) is 64.2 cm³/mol. The molecule has 0 aromatic carbocycles. The van der Waals surface area contributed by atoms with Crippen molar-refractivity contribution in [3.05, 3.63) is 35.4 Å². The summed E-state index contributed by atoms with van der Waals surface area (Å²) < 4.78 is 1.88. The molecular weight excluding hydrogens is 224 g/mol. The van der Waals surface area contributed by atoms with Gasteiger partial charge in [-0.25, -0.2) is 4.98 Å². The second-order valence-corrected chi connectivity index (χ2v) is 3.86. The zero-order chi connectivity index (χ0) is 11.5. The largest absolute Gasteiger partial charge is 0.318 e. The summed E-state index contributed by atoms with van der Waals surface area (Å²) in [4.78, 5) is 8.49. The van der Waals surface area contributed by atoms with Crippen molar-refractivity contribution in [2.45, 2.75) is 6.54 Å². The molecule has 0 aliphatic carbocycles. The van der Waals surface area contributed by atoms with Gasteiger partial charge in [0.2, 0.25) is 0 Å². The van der Waals surface area contributed by atoms with Gasteiger partial charge < -0.3 is 9.88 Å². The summed E-state index contributed by atoms with van der Waals surface area (Å²) in [6.45, 7) is 0.664. The first-order chi connectivity index (χ1) is 7.74. The number of imidazole rings is 1. The van der Waals surface area contributed by atoms with E-state index in [0.717, 1.165) is 17.1 Å². The van der Waals surface area contributed by atoms with Gasteiger partial charge in [-0.2, -0.15) is 0 Å². The number of nitrogens with zero attached hydrogens (tertiary/aromatic N) is 3. The monoisotopic (exact) mass is 236 g/mol. The average molecular weight is 237 g/mol. The molecule has 0 amide bonds. The highest BCUT2D eigenvalue weighted by atomic mass is 35.5. The Balaban J connectivity index is 2.46. The molecule has 84 valence electrons. The first kappa shape index (κ1) is 11.1. The van der Waals surface area contributed by atoms with E-state index in [1.165, 1.54) is 0 Å². The predicted octanol–water partition coefficient (Wildman–Crippen LogP) is 1.85. The summed E-state index contributed by atoms with van der Waals surface area (Å²) in [5.41, 5.74) is 1.88. The van der Waals surface area contributed by atoms with Crippen molar-refractivity contribution in [2.75, 3.05) is 7.05 Å². The molecule has 0 saturated heterocycles. The number of rotatable bonds is 3. The second kappa shape index (κ2) is 4.63. The highest BCUT2D eigenvalue weighted by molar-refractivity contribution is 6.30. The topological polar surface area (TPSA) is 42.7 Å². The zero-order valence-electron chi connectivity index (χ0n) is 9.24. The van der Waals surface area contributed by atoms with Crippen molar-refractivity contribution in [2.24, 2.45) is 7.05 Å². The van der Waals surface area contributed by atoms with E-state index in [2.05, 4.69) is 15.3 Å². The molecule has 1 N–H and O–H groups in total. The van der Waals surface area contributed by atoms with Crippen LogP contribution in [0.1, 0.15) is 5.69 Å². The van der Waals surface area contributed by atoms with Crippen molar-refractivity contribution in [3.8, 4) is 11.4 Å². The third-order valence-corrected chi connectivity index (χ3v) is 2.85. The highest BCUT2D eigenvalue weighted by Gasteiger charge is 2.13. The Hall–Kier alpha value is -1.39. The maximum Gasteiger partial charge on any atom is 0.141 e. The van der Waals surface area contributed by atoms with Gasteiger partial charge in [-0.15, -0.1) is 0 Å². The fraction of sp³-hybridized carbons (Fsp3) is 0.273. The van der Waals surface area contributed by atoms with Crippen molar-refractivity contribution in [3.63, 3.8) is 0 Å². The molecule has 4 nitrogen and oxygen atoms in total. The van der Waals surface area contributed by atoms with E-state index in [9.17, 15) is 0 Å². The average Bonchev–Trinajstić information content (AvgIpc) is 2.59. The molecule has 2 heterocycles. The zero-order valence-corrected chi connectivity index (χ0v) is 9.99. The van der Waals surface area contributed by atoms with Crippen LogP contribution in [0.4, 0.5) is 0 Å². The van der Waals surface area contributed by atoms with Crippen LogP contribution in [0.2, 0.25) is 5.15 Å². The van der Waals surface area contributed by atoms with Gasteiger partial charge in [0, 0.05) is 31.5 Å². The van der Waals surface area contributed by atoms with Crippen LogP contribution in [0.3, 0.4) is 0 Å². The molecule has 0 fully saturated rings. The maximum absolute atomic E-state index is 6.19. The summed E-state index contributed by atoms with van der Waals surface area (Å²) in [6.07, 6.45) is 3.49. The van der Waals surface area contributed by atoms with Crippen LogP contribution in [0.15, 0.2) is 24.5 Å². The molecule has 0 radical (unpaired) electrons. The molecule has 0 spiro atoms. The van der Waals surface area contributed by atoms with E-state index in [1.807, 2.05) is 30.8 Å². The SMILES string of the molecule is CNCc1nc(-c2ccncc2)n(C)c1Cl. The molecule has 0 unspecified atom stereocenters. The minimum atomic E-state index is 0.664. The Morgan fingerprint density at radius 3 is 2.69 bits per heavy atom. The van der Waals surface area contributed by atoms with Crippen molar-refractivity contribution in [1.29, 1.82) is 0 Å². The molecule has 0 atom stereocenters. The van der Waals surface area contributed by atoms with Crippen LogP contribution < -0.4 is 5.32 Å². The first-order valence-corrected chi connectivity index (χ1v) is 5.38. The van der Waals surface area contributed by atoms with Crippen molar-refractivity contribution in [1.82, 2.24) is 19.9 Å². The quantitative estimate of drug-likeness (QED) is 0.885. The minimum Gasteiger partial charge on any atom is -0.318 e. The summed E-state index contributed by atoms with van der Waals surface area (Å²) in [5.74, 6) is 0.859. The van der Waals surface area contributed by atoms with E-state index in [1.54, 1.807) is 12.4 Å². The number of halogens is 1. The van der Waals surface area contributed by atoms with Gasteiger partial charge in [-0.3, -0.25) is 4.98 Å². The van der Waals surface area contributed by atoms with Gasteiger partial charge in [0.25, 0.3) is 0 Å². The van der Waals surface area contributed by atoms with Gasteiger partial charge in [-0.1, -0.05) is 11.6 Å². The minimum absolute atomic E-state index is 0.664. The van der Waals surface area contributed by atoms with Crippen LogP contribution in [-0.4, -0.2) is 21.6 Å². The molecule has 2 aromatic rings. The van der Waals surface area contributed by atoms with E-state index in [0.29, 0.717) is 11.7 Å². The lowest BCUT2D eigenvalue weighted by Crippen LogP contribution is -2.05. The lowest BCUT2D eigenvalue weighted by atomic mass is 10.2. The Morgan fingerprint density at radius 2 is 2.06 bits per heavy atom. The molecule has 0 aliphatic heterocycles. The number of hydrogen-bond acceptors (Lipinski definition) is 3. The fourth-order valence-electron chi connectivity index (χ4n) is 1.57. The van der Waals surface area contributed by atoms with Gasteiger partial charge in [0.05, 0.1) is 5.69 Å². The van der Waals surface area contributed by atoms with Gasteiger partial charge in [-0.05, 0) is 19.2 Å². The van der Waals surface area contributed by atoms with Crippen LogP contribution in [0, 0.1) is 0 Å². The molecule has 0 saturated carbocycles. The van der Waals surface area contributed by atoms with Crippen LogP contribution in [-0.2, 0) is 13.6 Å². The summed E-state index contributed by atoms with van der Waals surface area (Å²) >= 11 is 6.19. The summed E-state index contributed by atoms with van der Waals surface area (Å²) in [7, 11) is 3.78. The van der Waals surface area contributed by atoms with Crippen LogP contribution in [0.5, 0.6) is 0 Å². The molecule has 2 aromatic heterocycles. The number of pyridine rings is 1. The Morgan fingerprint density at radius 1 is 1.38 bits per heavy atom. The van der Waals surface area contributed by atoms with Crippen molar-refractivity contribution >= 4 is 11.6 Å². The second-order valence-electron chi connectivity index (χ2n) is 3.50. The standard InChI is InChI=1S/C11H13ClN4/c1-13-7-9-10(12)16(2)11(15-9)8-3-5-14-6-4-8/h3-6,13H,7H2,1-2H3. The van der Waals surface area contributed by atoms with Gasteiger partial charge in [0.15, 0.2) is 0 Å². The highest BCUT2D eigenvalue weighted by Crippen LogP contribution is 2.24. The van der Waals surface area contributed by atoms with E-state index >= 15 is 0 Å². The number of aromatic nitrogens is 3. The van der Waals surface area contributed by atoms with Crippen LogP contribution in [0.25, 0.3) is 11.4 Å². The summed E-state index contributed by atoms with van der Waals surface area (Å²) in [5, 5.41) is 3.71. The normalized spacial score (nSPS) is 10.7. The molecule has 0 aliphatic rings. The first-order valence-electron chi connectivity index (χ1n) is 5.00. The number of nitrogens with one attached hydrogen (secondary N) is 1. The summed E-state index contributed by atoms with van der Waals surface area (Å²) in [6, 6.07) is 3.84. The Bertz CT molecular complexity index is 478. The molecule has 16 heavy (non-hydrogen) atoms. The van der Waals surface area contributed by atoms with Gasteiger partial charge in [0.1, 0.15) is 11.0 Å². The Labute approximate surface area is 99.3 Å². The maximum atomic E-state index is 6.19. The lowest BCUT2D eigenvalue weighted by molar-refractivity contribution is 0.795. The molecule has 5 heteroatoms. The lowest BCUT2D eigenvalue weighted by Gasteiger charge is -2.00. The smallest absolute Gasteiger partial charge is 0.141 e. The molecule has 2 rings (SSSR count). The van der Waals surface area contributed by atoms with Crippen LogP contribution >= 0.6 is 11.6 Å².